The van der Waals surface area contributed by atoms with Crippen molar-refractivity contribution in [3.8, 4) is 0 Å². The van der Waals surface area contributed by atoms with Gasteiger partial charge in [0.15, 0.2) is 5.82 Å². The van der Waals surface area contributed by atoms with Crippen LogP contribution in [-0.4, -0.2) is 45.3 Å². The fourth-order valence-corrected chi connectivity index (χ4v) is 5.04. The summed E-state index contributed by atoms with van der Waals surface area (Å²) in [6.45, 7) is 7.00. The second kappa shape index (κ2) is 7.15. The molecule has 0 saturated carbocycles. The summed E-state index contributed by atoms with van der Waals surface area (Å²) in [5, 5.41) is 4.81. The first-order chi connectivity index (χ1) is 12.5. The summed E-state index contributed by atoms with van der Waals surface area (Å²) < 4.78 is 48.9. The van der Waals surface area contributed by atoms with Crippen molar-refractivity contribution >= 4 is 56.7 Å². The number of anilines is 1. The number of amides is 1. The van der Waals surface area contributed by atoms with E-state index >= 15 is 0 Å². The van der Waals surface area contributed by atoms with Crippen molar-refractivity contribution in [1.29, 1.82) is 0 Å². The van der Waals surface area contributed by atoms with Crippen molar-refractivity contribution in [1.82, 2.24) is 14.5 Å². The molecule has 0 unspecified atom stereocenters. The molecule has 1 aliphatic heterocycles. The van der Waals surface area contributed by atoms with Crippen LogP contribution in [0, 0.1) is 5.82 Å². The van der Waals surface area contributed by atoms with Crippen LogP contribution >= 0.6 is 15.9 Å². The van der Waals surface area contributed by atoms with E-state index in [0.29, 0.717) is 20.8 Å². The Kier molecular flexibility index (Phi) is 5.36. The number of carbonyl (C=O) groups is 1. The molecule has 0 atom stereocenters. The number of nitrogens with zero attached hydrogens (tertiary/aromatic N) is 3. The molecule has 1 N–H and O–H groups in total. The van der Waals surface area contributed by atoms with Crippen LogP contribution in [0.1, 0.15) is 0 Å². The first-order valence-corrected chi connectivity index (χ1v) is 14.2. The minimum absolute atomic E-state index is 0.135. The van der Waals surface area contributed by atoms with Gasteiger partial charge >= 0.3 is 10.2 Å². The van der Waals surface area contributed by atoms with E-state index in [2.05, 4.69) is 40.7 Å². The van der Waals surface area contributed by atoms with Gasteiger partial charge < -0.3 is 4.74 Å². The van der Waals surface area contributed by atoms with Crippen LogP contribution in [-0.2, 0) is 26.5 Å². The molecular weight excluding hydrogens is 459 g/mol. The maximum Gasteiger partial charge on any atom is 0.326 e. The van der Waals surface area contributed by atoms with Crippen LogP contribution in [0.15, 0.2) is 16.7 Å². The minimum Gasteiger partial charge on any atom is -0.360 e. The summed E-state index contributed by atoms with van der Waals surface area (Å²) in [5.74, 6) is -1.51. The van der Waals surface area contributed by atoms with Gasteiger partial charge in [0.25, 0.3) is 5.91 Å². The van der Waals surface area contributed by atoms with E-state index in [0.717, 1.165) is 12.1 Å². The standard InChI is InChI=1S/C15H20BrFN4O4SSi/c1-27(2,3)5-4-25-9-20-7-10-11(16)6-12(17)15(14(10)18-20)21-8-13(22)19-26(21,23)24/h6-7H,4-5,8-9H2,1-3H3,(H,19,22). The zero-order valence-electron chi connectivity index (χ0n) is 15.1. The van der Waals surface area contributed by atoms with Gasteiger partial charge in [-0.15, -0.1) is 0 Å². The topological polar surface area (TPSA) is 93.5 Å². The number of benzene rings is 1. The Balaban J connectivity index is 1.94. The van der Waals surface area contributed by atoms with Crippen molar-refractivity contribution in [2.75, 3.05) is 17.5 Å². The molecule has 1 aromatic heterocycles. The third-order valence-corrected chi connectivity index (χ3v) is 7.75. The minimum atomic E-state index is -4.14. The van der Waals surface area contributed by atoms with Crippen molar-refractivity contribution in [3.05, 3.63) is 22.6 Å². The summed E-state index contributed by atoms with van der Waals surface area (Å²) in [6, 6.07) is 2.16. The first-order valence-electron chi connectivity index (χ1n) is 8.24. The Morgan fingerprint density at radius 1 is 1.41 bits per heavy atom. The maximum atomic E-state index is 14.6. The van der Waals surface area contributed by atoms with Gasteiger partial charge in [0.1, 0.15) is 24.5 Å². The molecular formula is C15H20BrFN4O4SSi. The van der Waals surface area contributed by atoms with Gasteiger partial charge in [0, 0.05) is 30.7 Å². The molecule has 12 heteroatoms. The predicted octanol–water partition coefficient (Wildman–Crippen LogP) is 2.43. The van der Waals surface area contributed by atoms with Crippen molar-refractivity contribution in [2.24, 2.45) is 0 Å². The summed E-state index contributed by atoms with van der Waals surface area (Å²) in [7, 11) is -5.36. The van der Waals surface area contributed by atoms with Gasteiger partial charge in [0.05, 0.1) is 0 Å². The largest absolute Gasteiger partial charge is 0.360 e. The molecule has 1 amide bonds. The quantitative estimate of drug-likeness (QED) is 0.508. The smallest absolute Gasteiger partial charge is 0.326 e. The van der Waals surface area contributed by atoms with Crippen molar-refractivity contribution in [3.63, 3.8) is 0 Å². The first kappa shape index (κ1) is 20.2. The summed E-state index contributed by atoms with van der Waals surface area (Å²) in [4.78, 5) is 11.5. The normalized spacial score (nSPS) is 16.9. The molecule has 1 saturated heterocycles. The lowest BCUT2D eigenvalue weighted by molar-refractivity contribution is -0.117. The number of halogens is 2. The van der Waals surface area contributed by atoms with Crippen LogP contribution in [0.3, 0.4) is 0 Å². The van der Waals surface area contributed by atoms with E-state index in [9.17, 15) is 17.6 Å². The Bertz CT molecular complexity index is 1010. The van der Waals surface area contributed by atoms with E-state index in [-0.39, 0.29) is 17.9 Å². The number of aromatic nitrogens is 2. The van der Waals surface area contributed by atoms with Crippen LogP contribution in [0.4, 0.5) is 10.1 Å². The van der Waals surface area contributed by atoms with Crippen LogP contribution in [0.25, 0.3) is 10.9 Å². The molecule has 1 aromatic carbocycles. The number of ether oxygens (including phenoxy) is 1. The molecule has 3 rings (SSSR count). The van der Waals surface area contributed by atoms with E-state index < -0.39 is 36.6 Å². The fourth-order valence-electron chi connectivity index (χ4n) is 2.63. The molecule has 27 heavy (non-hydrogen) atoms. The SMILES string of the molecule is C[Si](C)(C)CCOCn1cc2c(Br)cc(F)c(N3CC(=O)NS3(=O)=O)c2n1. The molecule has 2 aromatic rings. The number of rotatable bonds is 6. The molecule has 8 nitrogen and oxygen atoms in total. The Hall–Kier alpha value is -1.50. The molecule has 148 valence electrons. The zero-order valence-corrected chi connectivity index (χ0v) is 18.5. The Morgan fingerprint density at radius 3 is 2.70 bits per heavy atom. The van der Waals surface area contributed by atoms with Gasteiger partial charge in [-0.05, 0) is 28.0 Å². The lowest BCUT2D eigenvalue weighted by Gasteiger charge is -2.16. The van der Waals surface area contributed by atoms with Gasteiger partial charge in [0.2, 0.25) is 0 Å². The molecule has 1 fully saturated rings. The predicted molar refractivity (Wildman–Crippen MR) is 106 cm³/mol. The fraction of sp³-hybridized carbons (Fsp3) is 0.467. The monoisotopic (exact) mass is 478 g/mol. The third-order valence-electron chi connectivity index (χ3n) is 4.01. The van der Waals surface area contributed by atoms with Crippen LogP contribution in [0.2, 0.25) is 25.7 Å². The Labute approximate surface area is 166 Å². The van der Waals surface area contributed by atoms with Gasteiger partial charge in [-0.1, -0.05) is 19.6 Å². The highest BCUT2D eigenvalue weighted by Gasteiger charge is 2.37. The second-order valence-electron chi connectivity index (χ2n) is 7.50. The van der Waals surface area contributed by atoms with E-state index in [4.69, 9.17) is 4.74 Å². The molecule has 0 spiro atoms. The molecule has 1 aliphatic rings. The number of carbonyl (C=O) groups excluding carboxylic acids is 1. The number of hydrogen-bond donors (Lipinski definition) is 1. The third kappa shape index (κ3) is 4.33. The number of fused-ring (bicyclic) bond motifs is 1. The summed E-state index contributed by atoms with van der Waals surface area (Å²) >= 11 is 3.27. The van der Waals surface area contributed by atoms with E-state index in [1.807, 2.05) is 4.72 Å². The number of hydrogen-bond acceptors (Lipinski definition) is 5. The highest BCUT2D eigenvalue weighted by molar-refractivity contribution is 9.10. The summed E-state index contributed by atoms with van der Waals surface area (Å²) in [5.41, 5.74) is -0.122. The van der Waals surface area contributed by atoms with E-state index in [1.54, 1.807) is 6.20 Å². The number of nitrogens with one attached hydrogen (secondary N) is 1. The van der Waals surface area contributed by atoms with E-state index in [1.165, 1.54) is 4.68 Å². The molecule has 0 aliphatic carbocycles. The average molecular weight is 479 g/mol. The van der Waals surface area contributed by atoms with Gasteiger partial charge in [-0.2, -0.15) is 13.5 Å². The Morgan fingerprint density at radius 2 is 2.11 bits per heavy atom. The maximum absolute atomic E-state index is 14.6. The summed E-state index contributed by atoms with van der Waals surface area (Å²) in [6.07, 6.45) is 1.65. The van der Waals surface area contributed by atoms with Crippen LogP contribution in [0.5, 0.6) is 0 Å². The van der Waals surface area contributed by atoms with Crippen LogP contribution < -0.4 is 9.03 Å². The average Bonchev–Trinajstić information content (AvgIpc) is 3.04. The zero-order chi connectivity index (χ0) is 20.0. The molecule has 0 radical (unpaired) electrons. The van der Waals surface area contributed by atoms with Crippen molar-refractivity contribution in [2.45, 2.75) is 32.4 Å². The second-order valence-corrected chi connectivity index (χ2v) is 15.6. The molecule has 2 heterocycles. The lowest BCUT2D eigenvalue weighted by Crippen LogP contribution is -2.30. The lowest BCUT2D eigenvalue weighted by atomic mass is 10.2. The highest BCUT2D eigenvalue weighted by atomic mass is 79.9. The van der Waals surface area contributed by atoms with Gasteiger partial charge in [-0.3, -0.25) is 4.79 Å². The molecule has 0 bridgehead atoms. The van der Waals surface area contributed by atoms with Crippen molar-refractivity contribution < 1.29 is 22.3 Å². The van der Waals surface area contributed by atoms with Gasteiger partial charge in [-0.25, -0.2) is 18.1 Å². The highest BCUT2D eigenvalue weighted by Crippen LogP contribution is 2.36.